The second-order valence-electron chi connectivity index (χ2n) is 5.18. The van der Waals surface area contributed by atoms with E-state index in [2.05, 4.69) is 9.98 Å². The smallest absolute Gasteiger partial charge is 0.343 e. The molecular weight excluding hydrogens is 304 g/mol. The maximum atomic E-state index is 12.2. The zero-order chi connectivity index (χ0) is 17.5. The van der Waals surface area contributed by atoms with Crippen molar-refractivity contribution in [3.63, 3.8) is 0 Å². The molecular formula is C19H20N2O3. The number of benzene rings is 1. The molecule has 5 heteroatoms. The second-order valence-corrected chi connectivity index (χ2v) is 5.18. The minimum atomic E-state index is -0.644. The van der Waals surface area contributed by atoms with Gasteiger partial charge in [0.2, 0.25) is 0 Å². The van der Waals surface area contributed by atoms with Crippen molar-refractivity contribution in [2.75, 3.05) is 6.61 Å². The zero-order valence-corrected chi connectivity index (χ0v) is 14.0. The Balaban J connectivity index is 2.45. The van der Waals surface area contributed by atoms with E-state index in [4.69, 9.17) is 4.74 Å². The van der Waals surface area contributed by atoms with Gasteiger partial charge in [-0.05, 0) is 44.5 Å². The molecule has 0 aliphatic carbocycles. The first kappa shape index (κ1) is 17.4. The van der Waals surface area contributed by atoms with Crippen molar-refractivity contribution in [3.05, 3.63) is 65.0 Å². The number of hydrogen-bond acceptors (Lipinski definition) is 5. The number of aryl methyl sites for hydroxylation is 2. The summed E-state index contributed by atoms with van der Waals surface area (Å²) in [7, 11) is 0. The molecule has 0 saturated carbocycles. The number of pyridine rings is 1. The molecule has 124 valence electrons. The molecule has 24 heavy (non-hydrogen) atoms. The summed E-state index contributed by atoms with van der Waals surface area (Å²) in [6, 6.07) is 12.6. The quantitative estimate of drug-likeness (QED) is 0.391. The summed E-state index contributed by atoms with van der Waals surface area (Å²) in [5.41, 5.74) is 2.72. The van der Waals surface area contributed by atoms with Crippen LogP contribution in [0.2, 0.25) is 0 Å². The Morgan fingerprint density at radius 2 is 1.92 bits per heavy atom. The summed E-state index contributed by atoms with van der Waals surface area (Å²) in [6.07, 6.45) is 1.31. The summed E-state index contributed by atoms with van der Waals surface area (Å²) in [5.74, 6) is -0.897. The van der Waals surface area contributed by atoms with Crippen LogP contribution >= 0.6 is 0 Å². The van der Waals surface area contributed by atoms with Crippen LogP contribution in [0.15, 0.2) is 53.0 Å². The van der Waals surface area contributed by atoms with E-state index < -0.39 is 5.97 Å². The molecule has 1 aromatic carbocycles. The average Bonchev–Trinajstić information content (AvgIpc) is 2.58. The van der Waals surface area contributed by atoms with Crippen LogP contribution in [0.25, 0.3) is 5.76 Å². The molecule has 1 heterocycles. The van der Waals surface area contributed by atoms with Gasteiger partial charge in [-0.1, -0.05) is 24.3 Å². The maximum absolute atomic E-state index is 12.2. The number of ether oxygens (including phenoxy) is 1. The lowest BCUT2D eigenvalue weighted by molar-refractivity contribution is -0.137. The van der Waals surface area contributed by atoms with Crippen LogP contribution in [0.5, 0.6) is 0 Å². The van der Waals surface area contributed by atoms with Crippen LogP contribution < -0.4 is 0 Å². The van der Waals surface area contributed by atoms with Gasteiger partial charge in [0.05, 0.1) is 12.3 Å². The number of carbonyl (C=O) groups excluding carboxylic acids is 1. The van der Waals surface area contributed by atoms with Gasteiger partial charge in [-0.2, -0.15) is 0 Å². The first-order valence-corrected chi connectivity index (χ1v) is 7.67. The average molecular weight is 324 g/mol. The highest BCUT2D eigenvalue weighted by atomic mass is 16.5. The Labute approximate surface area is 141 Å². The minimum Gasteiger partial charge on any atom is -0.505 e. The number of hydrogen-bond donors (Lipinski definition) is 1. The van der Waals surface area contributed by atoms with E-state index in [1.165, 1.54) is 6.21 Å². The summed E-state index contributed by atoms with van der Waals surface area (Å²) in [6.45, 7) is 5.68. The molecule has 1 N–H and O–H groups in total. The Morgan fingerprint density at radius 1 is 1.21 bits per heavy atom. The van der Waals surface area contributed by atoms with Gasteiger partial charge >= 0.3 is 5.97 Å². The van der Waals surface area contributed by atoms with Crippen molar-refractivity contribution < 1.29 is 14.6 Å². The number of nitrogens with zero attached hydrogens (tertiary/aromatic N) is 2. The highest BCUT2D eigenvalue weighted by Crippen LogP contribution is 2.18. The fraction of sp³-hybridized carbons (Fsp3) is 0.211. The Morgan fingerprint density at radius 3 is 2.54 bits per heavy atom. The third kappa shape index (κ3) is 4.29. The lowest BCUT2D eigenvalue weighted by Gasteiger charge is -2.08. The van der Waals surface area contributed by atoms with Gasteiger partial charge in [0.1, 0.15) is 11.3 Å². The van der Waals surface area contributed by atoms with Crippen molar-refractivity contribution in [2.45, 2.75) is 20.8 Å². The first-order chi connectivity index (χ1) is 11.5. The standard InChI is InChI=1S/C19H20N2O3/c1-4-24-19(23)16(12-20-15-8-6-5-7-9-15)18(22)17-11-10-13(2)14(3)21-17/h5-12,22H,4H2,1-3H3/b18-16-,20-12?. The highest BCUT2D eigenvalue weighted by molar-refractivity contribution is 6.15. The number of aliphatic hydroxyl groups excluding tert-OH is 1. The maximum Gasteiger partial charge on any atom is 0.343 e. The molecule has 0 spiro atoms. The van der Waals surface area contributed by atoms with Crippen LogP contribution in [0.4, 0.5) is 5.69 Å². The molecule has 0 radical (unpaired) electrons. The Bertz CT molecular complexity index is 780. The largest absolute Gasteiger partial charge is 0.505 e. The number of aromatic nitrogens is 1. The molecule has 0 aliphatic rings. The van der Waals surface area contributed by atoms with E-state index in [0.717, 1.165) is 11.3 Å². The fourth-order valence-corrected chi connectivity index (χ4v) is 1.97. The van der Waals surface area contributed by atoms with Gasteiger partial charge in [0.15, 0.2) is 5.76 Å². The molecule has 5 nitrogen and oxygen atoms in total. The molecule has 0 atom stereocenters. The number of aliphatic hydroxyl groups is 1. The van der Waals surface area contributed by atoms with Crippen LogP contribution in [0.1, 0.15) is 23.9 Å². The van der Waals surface area contributed by atoms with Crippen molar-refractivity contribution in [3.8, 4) is 0 Å². The van der Waals surface area contributed by atoms with E-state index >= 15 is 0 Å². The SMILES string of the molecule is CCOC(=O)/C(C=Nc1ccccc1)=C(\O)c1ccc(C)c(C)n1. The third-order valence-corrected chi connectivity index (χ3v) is 3.44. The summed E-state index contributed by atoms with van der Waals surface area (Å²) in [4.78, 5) is 20.7. The van der Waals surface area contributed by atoms with Crippen molar-refractivity contribution >= 4 is 23.6 Å². The molecule has 0 amide bonds. The number of aliphatic imine (C=N–C) groups is 1. The lowest BCUT2D eigenvalue weighted by atomic mass is 10.1. The van der Waals surface area contributed by atoms with Gasteiger partial charge in [0, 0.05) is 11.9 Å². The minimum absolute atomic E-state index is 0.0311. The van der Waals surface area contributed by atoms with Crippen molar-refractivity contribution in [1.82, 2.24) is 4.98 Å². The molecule has 0 unspecified atom stereocenters. The predicted octanol–water partition coefficient (Wildman–Crippen LogP) is 3.93. The van der Waals surface area contributed by atoms with Crippen LogP contribution in [0.3, 0.4) is 0 Å². The molecule has 0 bridgehead atoms. The molecule has 1 aromatic heterocycles. The monoisotopic (exact) mass is 324 g/mol. The van der Waals surface area contributed by atoms with Crippen LogP contribution in [0, 0.1) is 13.8 Å². The van der Waals surface area contributed by atoms with Gasteiger partial charge < -0.3 is 9.84 Å². The Hall–Kier alpha value is -2.95. The fourth-order valence-electron chi connectivity index (χ4n) is 1.97. The van der Waals surface area contributed by atoms with Gasteiger partial charge in [0.25, 0.3) is 0 Å². The highest BCUT2D eigenvalue weighted by Gasteiger charge is 2.17. The number of rotatable bonds is 5. The summed E-state index contributed by atoms with van der Waals surface area (Å²) < 4.78 is 5.01. The van der Waals surface area contributed by atoms with Crippen molar-refractivity contribution in [2.24, 2.45) is 4.99 Å². The molecule has 2 rings (SSSR count). The molecule has 0 aliphatic heterocycles. The van der Waals surface area contributed by atoms with Gasteiger partial charge in [-0.25, -0.2) is 9.78 Å². The number of esters is 1. The van der Waals surface area contributed by atoms with E-state index in [1.54, 1.807) is 25.1 Å². The molecule has 0 saturated heterocycles. The summed E-state index contributed by atoms with van der Waals surface area (Å²) in [5, 5.41) is 10.5. The topological polar surface area (TPSA) is 71.8 Å². The summed E-state index contributed by atoms with van der Waals surface area (Å²) >= 11 is 0. The number of para-hydroxylation sites is 1. The lowest BCUT2D eigenvalue weighted by Crippen LogP contribution is -2.12. The van der Waals surface area contributed by atoms with E-state index in [9.17, 15) is 9.90 Å². The third-order valence-electron chi connectivity index (χ3n) is 3.44. The van der Waals surface area contributed by atoms with Crippen molar-refractivity contribution in [1.29, 1.82) is 0 Å². The van der Waals surface area contributed by atoms with Gasteiger partial charge in [-0.15, -0.1) is 0 Å². The molecule has 0 fully saturated rings. The predicted molar refractivity (Wildman–Crippen MR) is 94.5 cm³/mol. The van der Waals surface area contributed by atoms with Crippen LogP contribution in [-0.4, -0.2) is 28.9 Å². The Kier molecular flexibility index (Phi) is 5.84. The second kappa shape index (κ2) is 8.06. The van der Waals surface area contributed by atoms with E-state index in [0.29, 0.717) is 11.4 Å². The van der Waals surface area contributed by atoms with E-state index in [-0.39, 0.29) is 17.9 Å². The zero-order valence-electron chi connectivity index (χ0n) is 14.0. The van der Waals surface area contributed by atoms with Gasteiger partial charge in [-0.3, -0.25) is 4.99 Å². The van der Waals surface area contributed by atoms with Crippen LogP contribution in [-0.2, 0) is 9.53 Å². The van der Waals surface area contributed by atoms with E-state index in [1.807, 2.05) is 38.1 Å². The normalized spacial score (nSPS) is 12.1. The molecule has 2 aromatic rings. The number of carbonyl (C=O) groups is 1. The first-order valence-electron chi connectivity index (χ1n) is 7.67.